The molecular formula is C17H28N4O2S. The van der Waals surface area contributed by atoms with E-state index in [0.717, 1.165) is 44.6 Å². The number of thioether (sulfide) groups is 1. The Labute approximate surface area is 148 Å². The van der Waals surface area contributed by atoms with E-state index in [9.17, 15) is 9.59 Å². The van der Waals surface area contributed by atoms with Crippen molar-refractivity contribution in [2.24, 2.45) is 5.92 Å². The number of piperidine rings is 1. The van der Waals surface area contributed by atoms with Crippen LogP contribution in [0.1, 0.15) is 32.6 Å². The quantitative estimate of drug-likeness (QED) is 0.774. The molecule has 7 heteroatoms. The Hall–Kier alpha value is -1.50. The van der Waals surface area contributed by atoms with E-state index in [-0.39, 0.29) is 17.9 Å². The minimum Gasteiger partial charge on any atom is -0.345 e. The molecule has 1 aliphatic heterocycles. The number of nitrogens with zero attached hydrogens (tertiary/aromatic N) is 3. The van der Waals surface area contributed by atoms with Gasteiger partial charge in [0.25, 0.3) is 0 Å². The number of hydrogen-bond donors (Lipinski definition) is 1. The van der Waals surface area contributed by atoms with E-state index in [1.54, 1.807) is 18.0 Å². The smallest absolute Gasteiger partial charge is 0.245 e. The monoisotopic (exact) mass is 352 g/mol. The number of amides is 2. The number of hydrogen-bond acceptors (Lipinski definition) is 4. The zero-order valence-electron chi connectivity index (χ0n) is 14.6. The van der Waals surface area contributed by atoms with Crippen molar-refractivity contribution in [3.05, 3.63) is 18.5 Å². The average Bonchev–Trinajstić information content (AvgIpc) is 3.10. The number of carbonyl (C=O) groups is 2. The molecule has 1 atom stereocenters. The summed E-state index contributed by atoms with van der Waals surface area (Å²) >= 11 is 1.70. The number of rotatable bonds is 8. The summed E-state index contributed by atoms with van der Waals surface area (Å²) in [6.45, 7) is 3.99. The van der Waals surface area contributed by atoms with Crippen molar-refractivity contribution in [1.82, 2.24) is 20.0 Å². The molecule has 2 amide bonds. The molecule has 1 fully saturated rings. The maximum atomic E-state index is 12.7. The highest BCUT2D eigenvalue weighted by Gasteiger charge is 2.28. The zero-order chi connectivity index (χ0) is 17.4. The summed E-state index contributed by atoms with van der Waals surface area (Å²) in [4.78, 5) is 26.0. The van der Waals surface area contributed by atoms with Crippen LogP contribution in [0, 0.1) is 5.92 Å². The van der Waals surface area contributed by atoms with Crippen molar-refractivity contribution in [3.63, 3.8) is 0 Å². The van der Waals surface area contributed by atoms with E-state index in [1.165, 1.54) is 6.92 Å². The SMILES string of the molecule is CSCC[C@H](NC(C)=O)C(=O)N1CCC(CCn2cccn2)CC1. The van der Waals surface area contributed by atoms with Gasteiger partial charge in [-0.25, -0.2) is 0 Å². The molecule has 2 rings (SSSR count). The van der Waals surface area contributed by atoms with Crippen LogP contribution < -0.4 is 5.32 Å². The van der Waals surface area contributed by atoms with E-state index < -0.39 is 0 Å². The lowest BCUT2D eigenvalue weighted by Crippen LogP contribution is -2.50. The van der Waals surface area contributed by atoms with E-state index in [1.807, 2.05) is 28.1 Å². The summed E-state index contributed by atoms with van der Waals surface area (Å²) in [5.41, 5.74) is 0. The minimum atomic E-state index is -0.379. The van der Waals surface area contributed by atoms with Crippen LogP contribution in [0.2, 0.25) is 0 Å². The van der Waals surface area contributed by atoms with Crippen molar-refractivity contribution in [2.45, 2.75) is 45.2 Å². The normalized spacial score (nSPS) is 16.8. The van der Waals surface area contributed by atoms with Crippen LogP contribution in [-0.2, 0) is 16.1 Å². The Morgan fingerprint density at radius 2 is 2.12 bits per heavy atom. The highest BCUT2D eigenvalue weighted by atomic mass is 32.2. The second-order valence-corrected chi connectivity index (χ2v) is 7.35. The Morgan fingerprint density at radius 3 is 2.71 bits per heavy atom. The molecule has 0 spiro atoms. The number of aryl methyl sites for hydroxylation is 1. The Bertz CT molecular complexity index is 513. The van der Waals surface area contributed by atoms with Gasteiger partial charge in [0.2, 0.25) is 11.8 Å². The maximum absolute atomic E-state index is 12.7. The van der Waals surface area contributed by atoms with Crippen LogP contribution in [0.3, 0.4) is 0 Å². The van der Waals surface area contributed by atoms with Gasteiger partial charge in [0.1, 0.15) is 6.04 Å². The van der Waals surface area contributed by atoms with E-state index in [0.29, 0.717) is 12.3 Å². The van der Waals surface area contributed by atoms with Crippen LogP contribution in [0.15, 0.2) is 18.5 Å². The first kappa shape index (κ1) is 18.8. The standard InChI is InChI=1S/C17H28N4O2S/c1-14(22)19-16(7-13-24-2)17(23)20-10-4-15(5-11-20)6-12-21-9-3-8-18-21/h3,8-9,15-16H,4-7,10-13H2,1-2H3,(H,19,22)/t16-/m0/s1. The van der Waals surface area contributed by atoms with E-state index >= 15 is 0 Å². The molecule has 0 radical (unpaired) electrons. The molecule has 1 aromatic heterocycles. The lowest BCUT2D eigenvalue weighted by Gasteiger charge is -2.34. The lowest BCUT2D eigenvalue weighted by molar-refractivity contribution is -0.137. The van der Waals surface area contributed by atoms with E-state index in [2.05, 4.69) is 10.4 Å². The third kappa shape index (κ3) is 5.85. The summed E-state index contributed by atoms with van der Waals surface area (Å²) in [6, 6.07) is 1.56. The van der Waals surface area contributed by atoms with Crippen LogP contribution in [0.25, 0.3) is 0 Å². The fourth-order valence-electron chi connectivity index (χ4n) is 3.15. The average molecular weight is 353 g/mol. The molecule has 6 nitrogen and oxygen atoms in total. The van der Waals surface area contributed by atoms with Crippen LogP contribution >= 0.6 is 11.8 Å². The first-order valence-electron chi connectivity index (χ1n) is 8.62. The molecule has 0 saturated carbocycles. The van der Waals surface area contributed by atoms with Crippen LogP contribution in [0.5, 0.6) is 0 Å². The highest BCUT2D eigenvalue weighted by molar-refractivity contribution is 7.98. The van der Waals surface area contributed by atoms with Gasteiger partial charge in [-0.15, -0.1) is 0 Å². The van der Waals surface area contributed by atoms with Crippen molar-refractivity contribution >= 4 is 23.6 Å². The maximum Gasteiger partial charge on any atom is 0.245 e. The van der Waals surface area contributed by atoms with Gasteiger partial charge in [0.15, 0.2) is 0 Å². The molecule has 2 heterocycles. The Morgan fingerprint density at radius 1 is 1.38 bits per heavy atom. The van der Waals surface area contributed by atoms with E-state index in [4.69, 9.17) is 0 Å². The molecular weight excluding hydrogens is 324 g/mol. The van der Waals surface area contributed by atoms with Gasteiger partial charge < -0.3 is 10.2 Å². The topological polar surface area (TPSA) is 67.2 Å². The summed E-state index contributed by atoms with van der Waals surface area (Å²) in [5.74, 6) is 1.45. The molecule has 1 saturated heterocycles. The van der Waals surface area contributed by atoms with Crippen molar-refractivity contribution in [1.29, 1.82) is 0 Å². The Balaban J connectivity index is 1.78. The molecule has 0 unspecified atom stereocenters. The lowest BCUT2D eigenvalue weighted by atomic mass is 9.93. The molecule has 24 heavy (non-hydrogen) atoms. The van der Waals surface area contributed by atoms with Crippen molar-refractivity contribution in [2.75, 3.05) is 25.1 Å². The summed E-state index contributed by atoms with van der Waals surface area (Å²) in [6.07, 6.45) is 9.66. The predicted octanol–water partition coefficient (Wildman–Crippen LogP) is 1.77. The van der Waals surface area contributed by atoms with Gasteiger partial charge in [-0.2, -0.15) is 16.9 Å². The molecule has 1 N–H and O–H groups in total. The molecule has 1 aromatic rings. The molecule has 134 valence electrons. The van der Waals surface area contributed by atoms with Crippen LogP contribution in [-0.4, -0.2) is 57.6 Å². The molecule has 1 aliphatic rings. The van der Waals surface area contributed by atoms with Crippen molar-refractivity contribution < 1.29 is 9.59 Å². The van der Waals surface area contributed by atoms with Gasteiger partial charge in [0, 0.05) is 39.0 Å². The summed E-state index contributed by atoms with van der Waals surface area (Å²) in [7, 11) is 0. The molecule has 0 aromatic carbocycles. The van der Waals surface area contributed by atoms with Gasteiger partial charge >= 0.3 is 0 Å². The largest absolute Gasteiger partial charge is 0.345 e. The minimum absolute atomic E-state index is 0.0739. The Kier molecular flexibility index (Phi) is 7.62. The van der Waals surface area contributed by atoms with Gasteiger partial charge in [0.05, 0.1) is 0 Å². The first-order valence-corrected chi connectivity index (χ1v) is 10.0. The fourth-order valence-corrected chi connectivity index (χ4v) is 3.62. The third-order valence-electron chi connectivity index (χ3n) is 4.54. The van der Waals surface area contributed by atoms with Gasteiger partial charge in [-0.1, -0.05) is 0 Å². The highest BCUT2D eigenvalue weighted by Crippen LogP contribution is 2.22. The van der Waals surface area contributed by atoms with Crippen LogP contribution in [0.4, 0.5) is 0 Å². The summed E-state index contributed by atoms with van der Waals surface area (Å²) < 4.78 is 1.97. The predicted molar refractivity (Wildman–Crippen MR) is 96.8 cm³/mol. The number of aromatic nitrogens is 2. The second-order valence-electron chi connectivity index (χ2n) is 6.36. The fraction of sp³-hybridized carbons (Fsp3) is 0.706. The summed E-state index contributed by atoms with van der Waals surface area (Å²) in [5, 5.41) is 7.04. The van der Waals surface area contributed by atoms with Gasteiger partial charge in [-0.3, -0.25) is 14.3 Å². The second kappa shape index (κ2) is 9.71. The zero-order valence-corrected chi connectivity index (χ0v) is 15.4. The van der Waals surface area contributed by atoms with Gasteiger partial charge in [-0.05, 0) is 49.7 Å². The number of likely N-dealkylation sites (tertiary alicyclic amines) is 1. The molecule has 0 aliphatic carbocycles. The number of carbonyl (C=O) groups excluding carboxylic acids is 2. The van der Waals surface area contributed by atoms with Crippen molar-refractivity contribution in [3.8, 4) is 0 Å². The first-order chi connectivity index (χ1) is 11.6. The molecule has 0 bridgehead atoms. The number of nitrogens with one attached hydrogen (secondary N) is 1. The third-order valence-corrected chi connectivity index (χ3v) is 5.18.